The number of benzene rings is 9. The Morgan fingerprint density at radius 1 is 0.417 bits per heavy atom. The molecule has 0 unspecified atom stereocenters. The second-order valence-corrected chi connectivity index (χ2v) is 21.9. The van der Waals surface area contributed by atoms with Gasteiger partial charge in [0, 0.05) is 27.9 Å². The van der Waals surface area contributed by atoms with Crippen molar-refractivity contribution in [1.82, 2.24) is 0 Å². The summed E-state index contributed by atoms with van der Waals surface area (Å²) in [5.74, 6) is 0.421. The summed E-state index contributed by atoms with van der Waals surface area (Å²) in [5.41, 5.74) is 30.2. The topological polar surface area (TPSA) is 3.24 Å². The molecule has 4 aliphatic carbocycles. The van der Waals surface area contributed by atoms with Crippen LogP contribution in [0.25, 0.3) is 61.2 Å². The molecular formula is C71H59N. The lowest BCUT2D eigenvalue weighted by molar-refractivity contribution is 0.660. The molecule has 1 spiro atoms. The molecule has 0 heterocycles. The van der Waals surface area contributed by atoms with Gasteiger partial charge in [-0.05, 0) is 178 Å². The predicted octanol–water partition coefficient (Wildman–Crippen LogP) is 18.7. The molecule has 72 heavy (non-hydrogen) atoms. The van der Waals surface area contributed by atoms with Crippen molar-refractivity contribution in [3.63, 3.8) is 0 Å². The van der Waals surface area contributed by atoms with E-state index in [4.69, 9.17) is 0 Å². The van der Waals surface area contributed by atoms with Crippen LogP contribution in [-0.4, -0.2) is 0 Å². The lowest BCUT2D eigenvalue weighted by Gasteiger charge is -2.30. The SMILES string of the molecule is C=C/C(=C\C=C(/C)c1ccccc1C(C)C)N(c1ccc2c(c1)C(C)(C)c1ccccc1-2)c1ccc2c(c1)C(C)(C)c1cc(-c3ccc4c(c3)C3(c5ccccc5-c5ccccc53)c3ccccc3-4)ccc1-2. The van der Waals surface area contributed by atoms with Gasteiger partial charge in [-0.15, -0.1) is 0 Å². The van der Waals surface area contributed by atoms with E-state index in [-0.39, 0.29) is 16.2 Å². The molecule has 0 fully saturated rings. The van der Waals surface area contributed by atoms with E-state index in [0.717, 1.165) is 17.1 Å². The summed E-state index contributed by atoms with van der Waals surface area (Å²) in [4.78, 5) is 2.42. The molecular weight excluding hydrogens is 867 g/mol. The first-order valence-corrected chi connectivity index (χ1v) is 25.8. The van der Waals surface area contributed by atoms with E-state index in [1.54, 1.807) is 0 Å². The van der Waals surface area contributed by atoms with E-state index < -0.39 is 0 Å². The summed E-state index contributed by atoms with van der Waals surface area (Å²) in [6.07, 6.45) is 6.55. The Morgan fingerprint density at radius 3 is 1.32 bits per heavy atom. The summed E-state index contributed by atoms with van der Waals surface area (Å²) >= 11 is 0. The summed E-state index contributed by atoms with van der Waals surface area (Å²) in [5, 5.41) is 0. The first-order chi connectivity index (χ1) is 34.9. The normalized spacial score (nSPS) is 15.6. The van der Waals surface area contributed by atoms with E-state index >= 15 is 0 Å². The lowest BCUT2D eigenvalue weighted by Crippen LogP contribution is -2.25. The molecule has 0 saturated heterocycles. The fourth-order valence-corrected chi connectivity index (χ4v) is 13.5. The molecule has 1 heteroatoms. The summed E-state index contributed by atoms with van der Waals surface area (Å²) in [7, 11) is 0. The van der Waals surface area contributed by atoms with Gasteiger partial charge in [0.15, 0.2) is 0 Å². The van der Waals surface area contributed by atoms with Crippen molar-refractivity contribution in [1.29, 1.82) is 0 Å². The Morgan fingerprint density at radius 2 is 0.806 bits per heavy atom. The van der Waals surface area contributed by atoms with Crippen molar-refractivity contribution in [2.75, 3.05) is 4.90 Å². The smallest absolute Gasteiger partial charge is 0.0725 e. The van der Waals surface area contributed by atoms with Crippen molar-refractivity contribution in [2.45, 2.75) is 70.6 Å². The molecule has 0 saturated carbocycles. The Hall–Kier alpha value is -8.00. The first kappa shape index (κ1) is 44.0. The van der Waals surface area contributed by atoms with Gasteiger partial charge < -0.3 is 4.90 Å². The number of hydrogen-bond donors (Lipinski definition) is 0. The van der Waals surface area contributed by atoms with Crippen molar-refractivity contribution < 1.29 is 0 Å². The lowest BCUT2D eigenvalue weighted by atomic mass is 9.70. The number of anilines is 2. The fraction of sp³-hybridized carbons (Fsp3) is 0.155. The Kier molecular flexibility index (Phi) is 9.78. The van der Waals surface area contributed by atoms with Gasteiger partial charge in [0.2, 0.25) is 0 Å². The van der Waals surface area contributed by atoms with Crippen molar-refractivity contribution in [3.8, 4) is 55.6 Å². The molecule has 348 valence electrons. The third-order valence-corrected chi connectivity index (χ3v) is 17.1. The molecule has 0 bridgehead atoms. The van der Waals surface area contributed by atoms with Gasteiger partial charge in [0.25, 0.3) is 0 Å². The zero-order chi connectivity index (χ0) is 49.3. The second-order valence-electron chi connectivity index (χ2n) is 21.9. The highest BCUT2D eigenvalue weighted by molar-refractivity contribution is 5.96. The standard InChI is InChI=1S/C71H59N/c1-9-48(33-30-45(4)52-21-11-10-20-51(52)44(2)3)72(49-34-38-58-53-22-12-16-26-61(53)69(5,6)66(58)42-49)50-35-39-59-57-36-31-46(40-65(57)70(7,8)67(59)43-50)47-32-37-60-56-25-15-19-29-64(56)71(68(60)41-47)62-27-17-13-23-54(62)55-24-14-18-28-63(55)71/h9-44H,1H2,2-8H3/b45-30+,48-33+. The number of fused-ring (bicyclic) bond motifs is 16. The van der Waals surface area contributed by atoms with Crippen LogP contribution in [0.4, 0.5) is 11.4 Å². The highest BCUT2D eigenvalue weighted by Crippen LogP contribution is 2.63. The number of hydrogen-bond acceptors (Lipinski definition) is 1. The Bertz CT molecular complexity index is 3760. The molecule has 0 amide bonds. The maximum atomic E-state index is 4.47. The maximum Gasteiger partial charge on any atom is 0.0725 e. The molecule has 9 aromatic rings. The Labute approximate surface area is 426 Å². The molecule has 9 aromatic carbocycles. The van der Waals surface area contributed by atoms with E-state index in [2.05, 4.69) is 266 Å². The third-order valence-electron chi connectivity index (χ3n) is 17.1. The van der Waals surface area contributed by atoms with Crippen LogP contribution in [0.1, 0.15) is 110 Å². The zero-order valence-corrected chi connectivity index (χ0v) is 42.4. The maximum absolute atomic E-state index is 4.47. The van der Waals surface area contributed by atoms with Gasteiger partial charge >= 0.3 is 0 Å². The summed E-state index contributed by atoms with van der Waals surface area (Å²) < 4.78 is 0. The largest absolute Gasteiger partial charge is 0.311 e. The van der Waals surface area contributed by atoms with Crippen LogP contribution >= 0.6 is 0 Å². The average Bonchev–Trinajstić information content (AvgIpc) is 4.04. The van der Waals surface area contributed by atoms with Crippen molar-refractivity contribution in [3.05, 3.63) is 280 Å². The van der Waals surface area contributed by atoms with E-state index in [1.165, 1.54) is 117 Å². The summed E-state index contributed by atoms with van der Waals surface area (Å²) in [6.45, 7) is 20.8. The molecule has 13 rings (SSSR count). The molecule has 0 N–H and O–H groups in total. The highest BCUT2D eigenvalue weighted by atomic mass is 15.1. The zero-order valence-electron chi connectivity index (χ0n) is 42.4. The monoisotopic (exact) mass is 925 g/mol. The van der Waals surface area contributed by atoms with Crippen LogP contribution in [0.3, 0.4) is 0 Å². The summed E-state index contributed by atoms with van der Waals surface area (Å²) in [6, 6.07) is 73.6. The third kappa shape index (κ3) is 6.13. The molecule has 4 aliphatic rings. The minimum absolute atomic E-state index is 0.141. The van der Waals surface area contributed by atoms with Crippen LogP contribution in [0.2, 0.25) is 0 Å². The van der Waals surface area contributed by atoms with Crippen LogP contribution < -0.4 is 4.90 Å². The van der Waals surface area contributed by atoms with Crippen LogP contribution in [0, 0.1) is 0 Å². The minimum Gasteiger partial charge on any atom is -0.311 e. The van der Waals surface area contributed by atoms with Gasteiger partial charge in [-0.2, -0.15) is 0 Å². The predicted molar refractivity (Wildman–Crippen MR) is 304 cm³/mol. The van der Waals surface area contributed by atoms with Gasteiger partial charge in [-0.3, -0.25) is 0 Å². The van der Waals surface area contributed by atoms with E-state index in [0.29, 0.717) is 5.92 Å². The first-order valence-electron chi connectivity index (χ1n) is 25.8. The average molecular weight is 926 g/mol. The van der Waals surface area contributed by atoms with Gasteiger partial charge in [-0.1, -0.05) is 212 Å². The highest BCUT2D eigenvalue weighted by Gasteiger charge is 2.51. The van der Waals surface area contributed by atoms with Gasteiger partial charge in [0.1, 0.15) is 0 Å². The molecule has 0 radical (unpaired) electrons. The molecule has 0 atom stereocenters. The van der Waals surface area contributed by atoms with Crippen molar-refractivity contribution >= 4 is 16.9 Å². The second kappa shape index (κ2) is 16.0. The van der Waals surface area contributed by atoms with E-state index in [1.807, 2.05) is 6.08 Å². The number of nitrogens with zero attached hydrogens (tertiary/aromatic N) is 1. The molecule has 0 aromatic heterocycles. The number of rotatable bonds is 8. The quantitative estimate of drug-likeness (QED) is 0.137. The van der Waals surface area contributed by atoms with Crippen LogP contribution in [-0.2, 0) is 16.2 Å². The van der Waals surface area contributed by atoms with E-state index in [9.17, 15) is 0 Å². The van der Waals surface area contributed by atoms with Crippen LogP contribution in [0.5, 0.6) is 0 Å². The minimum atomic E-state index is -0.381. The Balaban J connectivity index is 0.924. The van der Waals surface area contributed by atoms with Crippen LogP contribution in [0.15, 0.2) is 225 Å². The molecule has 0 aliphatic heterocycles. The van der Waals surface area contributed by atoms with Gasteiger partial charge in [-0.25, -0.2) is 0 Å². The number of allylic oxidation sites excluding steroid dienone is 4. The van der Waals surface area contributed by atoms with Gasteiger partial charge in [0.05, 0.1) is 5.41 Å². The van der Waals surface area contributed by atoms with Crippen molar-refractivity contribution in [2.24, 2.45) is 0 Å². The molecule has 1 nitrogen and oxygen atoms in total. The fourth-order valence-electron chi connectivity index (χ4n) is 13.5.